The zero-order valence-corrected chi connectivity index (χ0v) is 12.5. The molecule has 0 atom stereocenters. The first-order valence-electron chi connectivity index (χ1n) is 6.25. The molecule has 0 saturated carbocycles. The lowest BCUT2D eigenvalue weighted by molar-refractivity contribution is -0.134. The van der Waals surface area contributed by atoms with E-state index in [1.807, 2.05) is 0 Å². The number of hydrogen-bond acceptors (Lipinski definition) is 6. The number of aliphatic carboxylic acids is 1. The van der Waals surface area contributed by atoms with Crippen LogP contribution in [0.3, 0.4) is 0 Å². The molecule has 1 heterocycles. The van der Waals surface area contributed by atoms with Crippen LogP contribution in [-0.2, 0) is 27.7 Å². The molecule has 0 amide bonds. The number of nitrogen functional groups attached to an aromatic ring is 1. The summed E-state index contributed by atoms with van der Waals surface area (Å²) in [6.07, 6.45) is 0.491. The first-order chi connectivity index (χ1) is 9.67. The summed E-state index contributed by atoms with van der Waals surface area (Å²) in [6.45, 7) is 3.33. The zero-order chi connectivity index (χ0) is 16.4. The third-order valence-electron chi connectivity index (χ3n) is 2.81. The van der Waals surface area contributed by atoms with Crippen molar-refractivity contribution < 1.29 is 18.3 Å². The lowest BCUT2D eigenvalue weighted by Gasteiger charge is -2.15. The number of nitrogens with two attached hydrogens (primary N) is 1. The number of sulfone groups is 1. The highest BCUT2D eigenvalue weighted by Crippen LogP contribution is 2.14. The summed E-state index contributed by atoms with van der Waals surface area (Å²) in [5, 5.41) is 8.65. The molecule has 0 fully saturated rings. The van der Waals surface area contributed by atoms with Gasteiger partial charge in [0.1, 0.15) is 5.82 Å². The van der Waals surface area contributed by atoms with Crippen molar-refractivity contribution in [2.45, 2.75) is 38.3 Å². The molecule has 118 valence electrons. The number of nitrogens with zero attached hydrogens (tertiary/aromatic N) is 2. The highest BCUT2D eigenvalue weighted by Gasteiger charge is 2.29. The van der Waals surface area contributed by atoms with Gasteiger partial charge in [0.15, 0.2) is 20.5 Å². The van der Waals surface area contributed by atoms with Gasteiger partial charge in [-0.05, 0) is 13.3 Å². The number of hydrogen-bond donors (Lipinski definition) is 2. The molecule has 0 radical (unpaired) electrons. The lowest BCUT2D eigenvalue weighted by atomic mass is 10.4. The van der Waals surface area contributed by atoms with Crippen LogP contribution in [-0.4, -0.2) is 34.4 Å². The SMILES string of the molecule is CCCn1c(N)c(S(=O)(=O)CC(=O)O)c(=O)n(CC)c1=O. The largest absolute Gasteiger partial charge is 0.480 e. The van der Waals surface area contributed by atoms with E-state index in [-0.39, 0.29) is 13.1 Å². The summed E-state index contributed by atoms with van der Waals surface area (Å²) in [4.78, 5) is 34.0. The summed E-state index contributed by atoms with van der Waals surface area (Å²) >= 11 is 0. The predicted molar refractivity (Wildman–Crippen MR) is 75.0 cm³/mol. The fraction of sp³-hybridized carbons (Fsp3) is 0.545. The molecule has 1 aromatic rings. The molecule has 1 aromatic heterocycles. The molecule has 0 aliphatic heterocycles. The van der Waals surface area contributed by atoms with Gasteiger partial charge in [0, 0.05) is 13.1 Å². The average Bonchev–Trinajstić information content (AvgIpc) is 2.33. The van der Waals surface area contributed by atoms with Crippen molar-refractivity contribution in [3.63, 3.8) is 0 Å². The van der Waals surface area contributed by atoms with Crippen LogP contribution in [0.1, 0.15) is 20.3 Å². The topological polar surface area (TPSA) is 141 Å². The number of carboxylic acids is 1. The fourth-order valence-corrected chi connectivity index (χ4v) is 3.21. The smallest absolute Gasteiger partial charge is 0.332 e. The maximum absolute atomic E-state index is 12.1. The minimum atomic E-state index is -4.43. The molecule has 0 spiro atoms. The summed E-state index contributed by atoms with van der Waals surface area (Å²) in [7, 11) is -4.43. The van der Waals surface area contributed by atoms with E-state index in [1.165, 1.54) is 6.92 Å². The van der Waals surface area contributed by atoms with Crippen LogP contribution in [0.4, 0.5) is 5.82 Å². The molecule has 21 heavy (non-hydrogen) atoms. The Morgan fingerprint density at radius 1 is 1.24 bits per heavy atom. The summed E-state index contributed by atoms with van der Waals surface area (Å²) in [6, 6.07) is 0. The van der Waals surface area contributed by atoms with E-state index in [9.17, 15) is 22.8 Å². The third-order valence-corrected chi connectivity index (χ3v) is 4.45. The second-order valence-electron chi connectivity index (χ2n) is 4.35. The first-order valence-corrected chi connectivity index (χ1v) is 7.90. The number of aromatic nitrogens is 2. The summed E-state index contributed by atoms with van der Waals surface area (Å²) < 4.78 is 25.8. The molecule has 3 N–H and O–H groups in total. The van der Waals surface area contributed by atoms with Gasteiger partial charge in [-0.3, -0.25) is 18.7 Å². The monoisotopic (exact) mass is 319 g/mol. The van der Waals surface area contributed by atoms with Gasteiger partial charge in [0.2, 0.25) is 0 Å². The first kappa shape index (κ1) is 17.0. The Hall–Kier alpha value is -2.10. The molecule has 0 unspecified atom stereocenters. The second kappa shape index (κ2) is 6.12. The van der Waals surface area contributed by atoms with Gasteiger partial charge >= 0.3 is 11.7 Å². The van der Waals surface area contributed by atoms with E-state index in [0.29, 0.717) is 6.42 Å². The number of carboxylic acid groups (broad SMARTS) is 1. The maximum Gasteiger partial charge on any atom is 0.332 e. The van der Waals surface area contributed by atoms with Crippen LogP contribution in [0.25, 0.3) is 0 Å². The molecule has 0 bridgehead atoms. The molecule has 9 nitrogen and oxygen atoms in total. The normalized spacial score (nSPS) is 11.5. The van der Waals surface area contributed by atoms with Gasteiger partial charge in [-0.15, -0.1) is 0 Å². The standard InChI is InChI=1S/C11H17N3O6S/c1-3-5-14-9(12)8(21(19,20)6-7(15)16)10(17)13(4-2)11(14)18/h3-6,12H2,1-2H3,(H,15,16). The van der Waals surface area contributed by atoms with Crippen molar-refractivity contribution in [2.75, 3.05) is 11.5 Å². The second-order valence-corrected chi connectivity index (χ2v) is 6.28. The quantitative estimate of drug-likeness (QED) is 0.676. The van der Waals surface area contributed by atoms with Crippen LogP contribution in [0.5, 0.6) is 0 Å². The molecular formula is C11H17N3O6S. The minimum Gasteiger partial charge on any atom is -0.480 e. The summed E-state index contributed by atoms with van der Waals surface area (Å²) in [5.74, 6) is -3.39. The molecule has 0 aromatic carbocycles. The van der Waals surface area contributed by atoms with Crippen LogP contribution in [0.2, 0.25) is 0 Å². The van der Waals surface area contributed by atoms with Crippen LogP contribution in [0, 0.1) is 0 Å². The van der Waals surface area contributed by atoms with Crippen molar-refractivity contribution in [1.29, 1.82) is 0 Å². The lowest BCUT2D eigenvalue weighted by Crippen LogP contribution is -2.44. The average molecular weight is 319 g/mol. The fourth-order valence-electron chi connectivity index (χ4n) is 1.94. The Bertz CT molecular complexity index is 774. The van der Waals surface area contributed by atoms with Gasteiger partial charge in [-0.25, -0.2) is 13.2 Å². The Morgan fingerprint density at radius 2 is 1.81 bits per heavy atom. The van der Waals surface area contributed by atoms with Crippen molar-refractivity contribution in [3.05, 3.63) is 20.8 Å². The molecule has 1 rings (SSSR count). The van der Waals surface area contributed by atoms with E-state index in [1.54, 1.807) is 6.92 Å². The number of rotatable bonds is 6. The van der Waals surface area contributed by atoms with Gasteiger partial charge in [-0.2, -0.15) is 0 Å². The highest BCUT2D eigenvalue weighted by molar-refractivity contribution is 7.92. The zero-order valence-electron chi connectivity index (χ0n) is 11.7. The molecule has 0 aliphatic carbocycles. The Balaban J connectivity index is 3.83. The van der Waals surface area contributed by atoms with Crippen molar-refractivity contribution in [3.8, 4) is 0 Å². The van der Waals surface area contributed by atoms with Crippen molar-refractivity contribution >= 4 is 21.6 Å². The molecule has 0 aliphatic rings. The van der Waals surface area contributed by atoms with E-state index >= 15 is 0 Å². The summed E-state index contributed by atoms with van der Waals surface area (Å²) in [5.41, 5.74) is 3.83. The van der Waals surface area contributed by atoms with Crippen LogP contribution >= 0.6 is 0 Å². The van der Waals surface area contributed by atoms with Gasteiger partial charge < -0.3 is 10.8 Å². The third kappa shape index (κ3) is 3.15. The van der Waals surface area contributed by atoms with E-state index < -0.39 is 43.5 Å². The Morgan fingerprint density at radius 3 is 2.24 bits per heavy atom. The Kier molecular flexibility index (Phi) is 4.94. The highest BCUT2D eigenvalue weighted by atomic mass is 32.2. The van der Waals surface area contributed by atoms with E-state index in [4.69, 9.17) is 10.8 Å². The molecule has 0 saturated heterocycles. The van der Waals surface area contributed by atoms with E-state index in [2.05, 4.69) is 0 Å². The van der Waals surface area contributed by atoms with Gasteiger partial charge in [0.05, 0.1) is 0 Å². The van der Waals surface area contributed by atoms with Gasteiger partial charge in [-0.1, -0.05) is 6.92 Å². The van der Waals surface area contributed by atoms with Crippen molar-refractivity contribution in [1.82, 2.24) is 9.13 Å². The van der Waals surface area contributed by atoms with Crippen LogP contribution in [0.15, 0.2) is 14.5 Å². The van der Waals surface area contributed by atoms with Crippen LogP contribution < -0.4 is 17.0 Å². The molecular weight excluding hydrogens is 302 g/mol. The van der Waals surface area contributed by atoms with E-state index in [0.717, 1.165) is 9.13 Å². The maximum atomic E-state index is 12.1. The number of carbonyl (C=O) groups is 1. The number of anilines is 1. The predicted octanol–water partition coefficient (Wildman–Crippen LogP) is -1.12. The molecule has 10 heteroatoms. The Labute approximate surface area is 120 Å². The minimum absolute atomic E-state index is 0.0444. The van der Waals surface area contributed by atoms with Gasteiger partial charge in [0.25, 0.3) is 5.56 Å². The van der Waals surface area contributed by atoms with Crippen molar-refractivity contribution in [2.24, 2.45) is 0 Å².